The average molecular weight is 326 g/mol. The van der Waals surface area contributed by atoms with Crippen molar-refractivity contribution < 1.29 is 9.59 Å². The summed E-state index contributed by atoms with van der Waals surface area (Å²) in [7, 11) is 0. The minimum absolute atomic E-state index is 0.206. The van der Waals surface area contributed by atoms with Crippen LogP contribution in [0, 0.1) is 35.5 Å². The number of amides is 2. The van der Waals surface area contributed by atoms with Crippen LogP contribution in [0.1, 0.15) is 25.7 Å². The third-order valence-electron chi connectivity index (χ3n) is 7.10. The van der Waals surface area contributed by atoms with Gasteiger partial charge in [0.15, 0.2) is 0 Å². The summed E-state index contributed by atoms with van der Waals surface area (Å²) >= 11 is 0. The molecule has 0 radical (unpaired) electrons. The number of rotatable bonds is 2. The highest BCUT2D eigenvalue weighted by Crippen LogP contribution is 2.45. The number of piperazine rings is 1. The maximum Gasteiger partial charge on any atom is 0.226 e. The fourth-order valence-electron chi connectivity index (χ4n) is 5.75. The molecule has 6 unspecified atom stereocenters. The second-order valence-electron chi connectivity index (χ2n) is 8.42. The van der Waals surface area contributed by atoms with Crippen LogP contribution in [0.25, 0.3) is 0 Å². The normalized spacial score (nSPS) is 42.3. The number of allylic oxidation sites excluding steroid dienone is 4. The first-order valence-corrected chi connectivity index (χ1v) is 9.63. The van der Waals surface area contributed by atoms with E-state index in [-0.39, 0.29) is 11.8 Å². The first-order chi connectivity index (χ1) is 11.7. The molecular weight excluding hydrogens is 300 g/mol. The Balaban J connectivity index is 1.17. The lowest BCUT2D eigenvalue weighted by atomic mass is 9.91. The van der Waals surface area contributed by atoms with Crippen LogP contribution >= 0.6 is 0 Å². The molecule has 1 heterocycles. The summed E-state index contributed by atoms with van der Waals surface area (Å²) in [4.78, 5) is 29.6. The van der Waals surface area contributed by atoms with E-state index in [1.54, 1.807) is 0 Å². The summed E-state index contributed by atoms with van der Waals surface area (Å²) in [6, 6.07) is 0. The van der Waals surface area contributed by atoms with Gasteiger partial charge in [-0.25, -0.2) is 0 Å². The second-order valence-corrected chi connectivity index (χ2v) is 8.42. The van der Waals surface area contributed by atoms with Gasteiger partial charge in [0.1, 0.15) is 0 Å². The number of fused-ring (bicyclic) bond motifs is 4. The molecular formula is C20H26N2O2. The van der Waals surface area contributed by atoms with Gasteiger partial charge in [0, 0.05) is 38.0 Å². The van der Waals surface area contributed by atoms with Gasteiger partial charge in [-0.1, -0.05) is 24.3 Å². The van der Waals surface area contributed by atoms with Crippen molar-refractivity contribution in [2.24, 2.45) is 35.5 Å². The molecule has 0 aromatic rings. The minimum Gasteiger partial charge on any atom is -0.339 e. The van der Waals surface area contributed by atoms with Crippen molar-refractivity contribution in [1.82, 2.24) is 9.80 Å². The van der Waals surface area contributed by atoms with Crippen LogP contribution in [-0.2, 0) is 9.59 Å². The Hall–Kier alpha value is -1.58. The van der Waals surface area contributed by atoms with E-state index in [0.29, 0.717) is 35.5 Å². The zero-order valence-electron chi connectivity index (χ0n) is 14.1. The smallest absolute Gasteiger partial charge is 0.226 e. The molecule has 1 saturated heterocycles. The minimum atomic E-state index is 0.206. The third kappa shape index (κ3) is 2.26. The van der Waals surface area contributed by atoms with Gasteiger partial charge in [-0.15, -0.1) is 0 Å². The molecule has 5 aliphatic rings. The number of hydrogen-bond donors (Lipinski definition) is 0. The average Bonchev–Trinajstić information content (AvgIpc) is 3.41. The Morgan fingerprint density at radius 2 is 1.04 bits per heavy atom. The lowest BCUT2D eigenvalue weighted by Crippen LogP contribution is -2.53. The van der Waals surface area contributed by atoms with Crippen LogP contribution in [0.5, 0.6) is 0 Å². The number of nitrogens with zero attached hydrogens (tertiary/aromatic N) is 2. The molecule has 6 atom stereocenters. The molecule has 0 aromatic carbocycles. The third-order valence-corrected chi connectivity index (χ3v) is 7.10. The predicted molar refractivity (Wildman–Crippen MR) is 90.8 cm³/mol. The van der Waals surface area contributed by atoms with Crippen molar-refractivity contribution in [1.29, 1.82) is 0 Å². The zero-order chi connectivity index (χ0) is 16.3. The summed E-state index contributed by atoms with van der Waals surface area (Å²) in [6.07, 6.45) is 13.5. The molecule has 128 valence electrons. The first kappa shape index (κ1) is 14.7. The Morgan fingerprint density at radius 1 is 0.625 bits per heavy atom. The van der Waals surface area contributed by atoms with Gasteiger partial charge in [-0.3, -0.25) is 9.59 Å². The first-order valence-electron chi connectivity index (χ1n) is 9.63. The number of hydrogen-bond acceptors (Lipinski definition) is 2. The van der Waals surface area contributed by atoms with E-state index in [0.717, 1.165) is 39.0 Å². The number of carbonyl (C=O) groups is 2. The van der Waals surface area contributed by atoms with E-state index in [9.17, 15) is 9.59 Å². The topological polar surface area (TPSA) is 40.6 Å². The van der Waals surface area contributed by atoms with Crippen LogP contribution in [-0.4, -0.2) is 47.8 Å². The van der Waals surface area contributed by atoms with E-state index >= 15 is 0 Å². The van der Waals surface area contributed by atoms with Crippen LogP contribution < -0.4 is 0 Å². The van der Waals surface area contributed by atoms with Crippen LogP contribution in [0.2, 0.25) is 0 Å². The quantitative estimate of drug-likeness (QED) is 0.729. The fraction of sp³-hybridized carbons (Fsp3) is 0.700. The highest BCUT2D eigenvalue weighted by molar-refractivity contribution is 5.82. The van der Waals surface area contributed by atoms with Gasteiger partial charge in [0.2, 0.25) is 11.8 Å². The highest BCUT2D eigenvalue weighted by atomic mass is 16.2. The molecule has 0 aromatic heterocycles. The molecule has 5 rings (SSSR count). The molecule has 4 bridgehead atoms. The summed E-state index contributed by atoms with van der Waals surface area (Å²) in [5.74, 6) is 3.31. The molecule has 4 aliphatic carbocycles. The predicted octanol–water partition coefficient (Wildman–Crippen LogP) is 2.08. The Kier molecular flexibility index (Phi) is 3.36. The second kappa shape index (κ2) is 5.47. The van der Waals surface area contributed by atoms with Gasteiger partial charge in [-0.05, 0) is 49.4 Å². The summed E-state index contributed by atoms with van der Waals surface area (Å²) < 4.78 is 0. The molecule has 1 aliphatic heterocycles. The van der Waals surface area contributed by atoms with E-state index in [1.807, 2.05) is 9.80 Å². The Bertz CT molecular complexity index is 563. The van der Waals surface area contributed by atoms with Crippen molar-refractivity contribution in [3.8, 4) is 0 Å². The monoisotopic (exact) mass is 326 g/mol. The van der Waals surface area contributed by atoms with E-state index in [1.165, 1.54) is 12.8 Å². The van der Waals surface area contributed by atoms with Crippen LogP contribution in [0.3, 0.4) is 0 Å². The van der Waals surface area contributed by atoms with Crippen LogP contribution in [0.15, 0.2) is 24.3 Å². The zero-order valence-corrected chi connectivity index (χ0v) is 14.1. The van der Waals surface area contributed by atoms with Crippen molar-refractivity contribution in [2.75, 3.05) is 26.2 Å². The van der Waals surface area contributed by atoms with Gasteiger partial charge < -0.3 is 9.80 Å². The molecule has 2 saturated carbocycles. The molecule has 4 heteroatoms. The van der Waals surface area contributed by atoms with Crippen molar-refractivity contribution in [3.05, 3.63) is 24.3 Å². The van der Waals surface area contributed by atoms with Gasteiger partial charge >= 0.3 is 0 Å². The Labute approximate surface area is 143 Å². The van der Waals surface area contributed by atoms with E-state index < -0.39 is 0 Å². The summed E-state index contributed by atoms with van der Waals surface area (Å²) in [6.45, 7) is 2.88. The Morgan fingerprint density at radius 3 is 1.33 bits per heavy atom. The van der Waals surface area contributed by atoms with Gasteiger partial charge in [0.25, 0.3) is 0 Å². The SMILES string of the molecule is O=C(C1CC2C=CC1C2)N1CCN(C(=O)C2CC3C=CC2C3)CC1. The van der Waals surface area contributed by atoms with Crippen molar-refractivity contribution in [2.45, 2.75) is 25.7 Å². The van der Waals surface area contributed by atoms with E-state index in [2.05, 4.69) is 24.3 Å². The van der Waals surface area contributed by atoms with Gasteiger partial charge in [-0.2, -0.15) is 0 Å². The van der Waals surface area contributed by atoms with Gasteiger partial charge in [0.05, 0.1) is 0 Å². The van der Waals surface area contributed by atoms with Crippen molar-refractivity contribution >= 4 is 11.8 Å². The summed E-state index contributed by atoms with van der Waals surface area (Å²) in [5.41, 5.74) is 0. The van der Waals surface area contributed by atoms with E-state index in [4.69, 9.17) is 0 Å². The highest BCUT2D eigenvalue weighted by Gasteiger charge is 2.44. The molecule has 4 nitrogen and oxygen atoms in total. The largest absolute Gasteiger partial charge is 0.339 e. The molecule has 2 amide bonds. The fourth-order valence-corrected chi connectivity index (χ4v) is 5.75. The van der Waals surface area contributed by atoms with Crippen LogP contribution in [0.4, 0.5) is 0 Å². The molecule has 3 fully saturated rings. The standard InChI is InChI=1S/C20H26N2O2/c23-19(17-11-13-1-3-15(17)9-13)21-5-7-22(8-6-21)20(24)18-12-14-2-4-16(18)10-14/h1-4,13-18H,5-12H2. The maximum atomic E-state index is 12.8. The molecule has 0 N–H and O–H groups in total. The number of carbonyl (C=O) groups excluding carboxylic acids is 2. The lowest BCUT2D eigenvalue weighted by Gasteiger charge is -2.38. The lowest BCUT2D eigenvalue weighted by molar-refractivity contribution is -0.145. The molecule has 24 heavy (non-hydrogen) atoms. The molecule has 0 spiro atoms. The van der Waals surface area contributed by atoms with Crippen molar-refractivity contribution in [3.63, 3.8) is 0 Å². The summed E-state index contributed by atoms with van der Waals surface area (Å²) in [5, 5.41) is 0. The maximum absolute atomic E-state index is 12.8.